The number of nitrogens with zero attached hydrogens (tertiary/aromatic N) is 6. The standard InChI is InChI=1S/C32H32N8O6/c41-29(45-39-27-3-1-19(11-23(27)13-33-39)31(43)35-25-17-37-9-7-21(25)15-37)5-6-30(42)46-40-28-4-2-20(12-24(28)14-34-40)32(44)36-26-18-38-10-8-22(26)16-38/h1-6,11-14,21-22,25-26H,7-10,15-18H2,(H,35,43)(H,36,44)/b6-5+/t21-,22-,25?,26?/m0/s1. The molecule has 4 aliphatic heterocycles. The molecule has 236 valence electrons. The van der Waals surface area contributed by atoms with Gasteiger partial charge < -0.3 is 30.1 Å². The summed E-state index contributed by atoms with van der Waals surface area (Å²) in [4.78, 5) is 67.9. The first-order chi connectivity index (χ1) is 22.4. The SMILES string of the molecule is O=C(/C=C/C(=O)On1ncc2cc(C(=O)NC3CN4CC[C@H]3C4)ccc21)On1ncc2cc(C(=O)NC3CN4CC[C@H]3C4)ccc21. The van der Waals surface area contributed by atoms with E-state index in [0.29, 0.717) is 44.8 Å². The maximum Gasteiger partial charge on any atom is 0.358 e. The topological polar surface area (TPSA) is 153 Å². The van der Waals surface area contributed by atoms with E-state index in [2.05, 4.69) is 30.6 Å². The molecule has 4 aromatic rings. The molecule has 2 N–H and O–H groups in total. The molecule has 8 rings (SSSR count). The van der Waals surface area contributed by atoms with Crippen molar-refractivity contribution < 1.29 is 28.9 Å². The molecule has 6 atom stereocenters. The Labute approximate surface area is 262 Å². The Kier molecular flexibility index (Phi) is 7.02. The van der Waals surface area contributed by atoms with Crippen molar-refractivity contribution in [2.75, 3.05) is 39.3 Å². The van der Waals surface area contributed by atoms with Crippen molar-refractivity contribution in [2.45, 2.75) is 24.9 Å². The Bertz CT molecular complexity index is 1780. The summed E-state index contributed by atoms with van der Waals surface area (Å²) >= 11 is 0. The number of rotatable bonds is 8. The lowest BCUT2D eigenvalue weighted by Crippen LogP contribution is -2.43. The van der Waals surface area contributed by atoms with Gasteiger partial charge in [-0.2, -0.15) is 0 Å². The lowest BCUT2D eigenvalue weighted by Gasteiger charge is -2.23. The van der Waals surface area contributed by atoms with Crippen molar-refractivity contribution in [1.82, 2.24) is 40.3 Å². The lowest BCUT2D eigenvalue weighted by atomic mass is 9.99. The third-order valence-corrected chi connectivity index (χ3v) is 9.60. The Morgan fingerprint density at radius 2 is 1.13 bits per heavy atom. The monoisotopic (exact) mass is 624 g/mol. The van der Waals surface area contributed by atoms with Crippen LogP contribution in [0.5, 0.6) is 0 Å². The van der Waals surface area contributed by atoms with Gasteiger partial charge in [0.05, 0.1) is 12.4 Å². The summed E-state index contributed by atoms with van der Waals surface area (Å²) in [6, 6.07) is 10.3. The molecule has 2 amide bonds. The average Bonchev–Trinajstić information content (AvgIpc) is 3.91. The number of benzene rings is 2. The molecule has 2 aromatic carbocycles. The number of hydrogen-bond donors (Lipinski definition) is 2. The van der Waals surface area contributed by atoms with E-state index in [1.807, 2.05) is 0 Å². The summed E-state index contributed by atoms with van der Waals surface area (Å²) in [6.07, 6.45) is 7.04. The molecule has 14 heteroatoms. The van der Waals surface area contributed by atoms with Crippen LogP contribution in [0.15, 0.2) is 60.9 Å². The summed E-state index contributed by atoms with van der Waals surface area (Å²) < 4.78 is 0. The summed E-state index contributed by atoms with van der Waals surface area (Å²) in [5.41, 5.74) is 1.96. The van der Waals surface area contributed by atoms with E-state index in [9.17, 15) is 19.2 Å². The van der Waals surface area contributed by atoms with E-state index in [0.717, 1.165) is 74.0 Å². The van der Waals surface area contributed by atoms with Crippen LogP contribution in [-0.4, -0.2) is 105 Å². The fraction of sp³-hybridized carbons (Fsp3) is 0.375. The number of carbonyl (C=O) groups is 4. The van der Waals surface area contributed by atoms with Crippen LogP contribution < -0.4 is 20.3 Å². The molecule has 46 heavy (non-hydrogen) atoms. The Morgan fingerprint density at radius 3 is 1.52 bits per heavy atom. The number of carbonyl (C=O) groups excluding carboxylic acids is 4. The largest absolute Gasteiger partial charge is 0.358 e. The van der Waals surface area contributed by atoms with Crippen LogP contribution in [0.2, 0.25) is 0 Å². The normalized spacial score (nSPS) is 26.3. The molecular formula is C32H32N8O6. The molecule has 0 saturated carbocycles. The zero-order chi connectivity index (χ0) is 31.4. The molecule has 4 saturated heterocycles. The van der Waals surface area contributed by atoms with Gasteiger partial charge in [0.15, 0.2) is 0 Å². The minimum atomic E-state index is -0.858. The first kappa shape index (κ1) is 28.4. The summed E-state index contributed by atoms with van der Waals surface area (Å²) in [5, 5.41) is 15.7. The zero-order valence-corrected chi connectivity index (χ0v) is 24.9. The zero-order valence-electron chi connectivity index (χ0n) is 24.9. The maximum absolute atomic E-state index is 12.8. The van der Waals surface area contributed by atoms with E-state index in [-0.39, 0.29) is 23.9 Å². The number of fused-ring (bicyclic) bond motifs is 6. The van der Waals surface area contributed by atoms with Gasteiger partial charge in [0.25, 0.3) is 11.8 Å². The predicted octanol–water partition coefficient (Wildman–Crippen LogP) is 0.421. The lowest BCUT2D eigenvalue weighted by molar-refractivity contribution is -0.142. The maximum atomic E-state index is 12.8. The van der Waals surface area contributed by atoms with Crippen LogP contribution in [0.25, 0.3) is 21.8 Å². The smallest absolute Gasteiger partial charge is 0.348 e. The van der Waals surface area contributed by atoms with Gasteiger partial charge in [-0.1, -0.05) is 9.69 Å². The molecule has 0 aliphatic carbocycles. The Hall–Kier alpha value is -5.08. The number of nitrogens with one attached hydrogen (secondary N) is 2. The minimum absolute atomic E-state index is 0.146. The molecular weight excluding hydrogens is 592 g/mol. The first-order valence-electron chi connectivity index (χ1n) is 15.5. The molecule has 6 heterocycles. The van der Waals surface area contributed by atoms with Crippen molar-refractivity contribution >= 4 is 45.6 Å². The van der Waals surface area contributed by atoms with Gasteiger partial charge in [-0.05, 0) is 74.2 Å². The van der Waals surface area contributed by atoms with Gasteiger partial charge >= 0.3 is 11.9 Å². The molecule has 2 aromatic heterocycles. The summed E-state index contributed by atoms with van der Waals surface area (Å²) in [5.74, 6) is -1.01. The van der Waals surface area contributed by atoms with Crippen molar-refractivity contribution in [3.05, 3.63) is 72.1 Å². The Balaban J connectivity index is 0.859. The van der Waals surface area contributed by atoms with E-state index >= 15 is 0 Å². The highest BCUT2D eigenvalue weighted by molar-refractivity contribution is 5.99. The van der Waals surface area contributed by atoms with E-state index in [1.54, 1.807) is 36.4 Å². The third-order valence-electron chi connectivity index (χ3n) is 9.60. The third kappa shape index (κ3) is 5.39. The van der Waals surface area contributed by atoms with Crippen molar-refractivity contribution in [3.63, 3.8) is 0 Å². The van der Waals surface area contributed by atoms with Gasteiger partial charge in [-0.25, -0.2) is 9.59 Å². The highest BCUT2D eigenvalue weighted by atomic mass is 16.7. The van der Waals surface area contributed by atoms with Crippen molar-refractivity contribution in [1.29, 1.82) is 0 Å². The minimum Gasteiger partial charge on any atom is -0.348 e. The van der Waals surface area contributed by atoms with Crippen LogP contribution in [0.4, 0.5) is 0 Å². The van der Waals surface area contributed by atoms with Gasteiger partial charge in [0.2, 0.25) is 0 Å². The number of piperidine rings is 2. The summed E-state index contributed by atoms with van der Waals surface area (Å²) in [7, 11) is 0. The average molecular weight is 625 g/mol. The molecule has 4 bridgehead atoms. The molecule has 4 fully saturated rings. The van der Waals surface area contributed by atoms with Crippen LogP contribution in [0, 0.1) is 11.8 Å². The Morgan fingerprint density at radius 1 is 0.674 bits per heavy atom. The fourth-order valence-electron chi connectivity index (χ4n) is 7.21. The second kappa shape index (κ2) is 11.4. The second-order valence-corrected chi connectivity index (χ2v) is 12.5. The highest BCUT2D eigenvalue weighted by Gasteiger charge is 2.39. The van der Waals surface area contributed by atoms with Crippen LogP contribution in [0.3, 0.4) is 0 Å². The van der Waals surface area contributed by atoms with Gasteiger partial charge in [0.1, 0.15) is 11.0 Å². The van der Waals surface area contributed by atoms with Gasteiger partial charge in [-0.3, -0.25) is 9.59 Å². The van der Waals surface area contributed by atoms with Crippen LogP contribution >= 0.6 is 0 Å². The molecule has 0 radical (unpaired) electrons. The van der Waals surface area contributed by atoms with Gasteiger partial charge in [-0.15, -0.1) is 10.2 Å². The van der Waals surface area contributed by atoms with E-state index < -0.39 is 11.9 Å². The molecule has 4 aliphatic rings. The number of amides is 2. The molecule has 4 unspecified atom stereocenters. The highest BCUT2D eigenvalue weighted by Crippen LogP contribution is 2.29. The molecule has 14 nitrogen and oxygen atoms in total. The fourth-order valence-corrected chi connectivity index (χ4v) is 7.21. The van der Waals surface area contributed by atoms with Crippen molar-refractivity contribution in [3.8, 4) is 0 Å². The quantitative estimate of drug-likeness (QED) is 0.264. The predicted molar refractivity (Wildman–Crippen MR) is 163 cm³/mol. The van der Waals surface area contributed by atoms with Crippen molar-refractivity contribution in [2.24, 2.45) is 11.8 Å². The number of hydrogen-bond acceptors (Lipinski definition) is 10. The van der Waals surface area contributed by atoms with E-state index in [1.165, 1.54) is 12.4 Å². The van der Waals surface area contributed by atoms with Gasteiger partial charge in [0, 0.05) is 72.3 Å². The number of aromatic nitrogens is 4. The van der Waals surface area contributed by atoms with Crippen LogP contribution in [-0.2, 0) is 9.59 Å². The van der Waals surface area contributed by atoms with Crippen LogP contribution in [0.1, 0.15) is 33.6 Å². The van der Waals surface area contributed by atoms with E-state index in [4.69, 9.17) is 9.68 Å². The molecule has 0 spiro atoms. The second-order valence-electron chi connectivity index (χ2n) is 12.5. The first-order valence-corrected chi connectivity index (χ1v) is 15.5. The summed E-state index contributed by atoms with van der Waals surface area (Å²) in [6.45, 7) is 6.04.